The first kappa shape index (κ1) is 23.2. The van der Waals surface area contributed by atoms with Crippen LogP contribution in [0.15, 0.2) is 42.5 Å². The second-order valence-electron chi connectivity index (χ2n) is 7.53. The maximum absolute atomic E-state index is 13.1. The summed E-state index contributed by atoms with van der Waals surface area (Å²) in [6.07, 6.45) is 3.70. The van der Waals surface area contributed by atoms with Crippen LogP contribution in [-0.4, -0.2) is 46.8 Å². The lowest BCUT2D eigenvalue weighted by molar-refractivity contribution is -0.117. The van der Waals surface area contributed by atoms with Crippen molar-refractivity contribution in [3.63, 3.8) is 0 Å². The largest absolute Gasteiger partial charge is 0.495 e. The number of benzene rings is 2. The van der Waals surface area contributed by atoms with Gasteiger partial charge in [-0.3, -0.25) is 9.10 Å². The Labute approximate surface area is 189 Å². The van der Waals surface area contributed by atoms with Gasteiger partial charge >= 0.3 is 0 Å². The number of rotatable bonds is 8. The van der Waals surface area contributed by atoms with Gasteiger partial charge in [-0.25, -0.2) is 8.42 Å². The standard InChI is InChI=1S/C22H28ClN3O4S/c1-4-19(26(31(3,28)29)20-15-16(23)7-12-21(20)30-2)22(27)24-17-8-10-18(11-9-17)25-13-5-6-14-25/h7-12,15,19H,4-6,13-14H2,1-3H3,(H,24,27). The highest BCUT2D eigenvalue weighted by Crippen LogP contribution is 2.35. The van der Waals surface area contributed by atoms with Crippen molar-refractivity contribution in [3.8, 4) is 5.75 Å². The lowest BCUT2D eigenvalue weighted by Gasteiger charge is -2.31. The molecule has 0 radical (unpaired) electrons. The number of hydrogen-bond donors (Lipinski definition) is 1. The number of ether oxygens (including phenoxy) is 1. The molecule has 0 aliphatic carbocycles. The van der Waals surface area contributed by atoms with Crippen molar-refractivity contribution in [3.05, 3.63) is 47.5 Å². The molecule has 1 unspecified atom stereocenters. The van der Waals surface area contributed by atoms with Crippen molar-refractivity contribution in [2.45, 2.75) is 32.2 Å². The molecule has 7 nitrogen and oxygen atoms in total. The van der Waals surface area contributed by atoms with Crippen molar-refractivity contribution >= 4 is 44.6 Å². The van der Waals surface area contributed by atoms with E-state index in [0.29, 0.717) is 16.5 Å². The van der Waals surface area contributed by atoms with Crippen LogP contribution >= 0.6 is 11.6 Å². The fraction of sp³-hybridized carbons (Fsp3) is 0.409. The Hall–Kier alpha value is -2.45. The second kappa shape index (κ2) is 9.78. The number of halogens is 1. The molecule has 0 spiro atoms. The fourth-order valence-corrected chi connectivity index (χ4v) is 5.20. The molecule has 1 atom stereocenters. The Morgan fingerprint density at radius 2 is 1.84 bits per heavy atom. The molecule has 168 valence electrons. The summed E-state index contributed by atoms with van der Waals surface area (Å²) in [6, 6.07) is 11.3. The molecule has 1 amide bonds. The van der Waals surface area contributed by atoms with Gasteiger partial charge in [0.15, 0.2) is 0 Å². The van der Waals surface area contributed by atoms with Crippen LogP contribution in [0.3, 0.4) is 0 Å². The average molecular weight is 466 g/mol. The quantitative estimate of drug-likeness (QED) is 0.634. The highest BCUT2D eigenvalue weighted by atomic mass is 35.5. The first-order valence-corrected chi connectivity index (χ1v) is 12.5. The average Bonchev–Trinajstić information content (AvgIpc) is 3.26. The van der Waals surface area contributed by atoms with Gasteiger partial charge in [-0.2, -0.15) is 0 Å². The van der Waals surface area contributed by atoms with Crippen molar-refractivity contribution in [1.82, 2.24) is 0 Å². The normalized spacial score (nSPS) is 14.9. The topological polar surface area (TPSA) is 79.0 Å². The molecular weight excluding hydrogens is 438 g/mol. The third kappa shape index (κ3) is 5.43. The lowest BCUT2D eigenvalue weighted by Crippen LogP contribution is -2.47. The van der Waals surface area contributed by atoms with Crippen LogP contribution in [-0.2, 0) is 14.8 Å². The number of carbonyl (C=O) groups is 1. The summed E-state index contributed by atoms with van der Waals surface area (Å²) >= 11 is 6.11. The molecule has 0 bridgehead atoms. The Morgan fingerprint density at radius 3 is 2.39 bits per heavy atom. The molecule has 9 heteroatoms. The summed E-state index contributed by atoms with van der Waals surface area (Å²) in [5, 5.41) is 3.19. The first-order valence-electron chi connectivity index (χ1n) is 10.2. The van der Waals surface area contributed by atoms with Gasteiger partial charge in [0.05, 0.1) is 19.1 Å². The minimum atomic E-state index is -3.81. The molecule has 2 aromatic carbocycles. The molecular formula is C22H28ClN3O4S. The Kier molecular flexibility index (Phi) is 7.33. The highest BCUT2D eigenvalue weighted by Gasteiger charge is 2.33. The van der Waals surface area contributed by atoms with E-state index in [9.17, 15) is 13.2 Å². The summed E-state index contributed by atoms with van der Waals surface area (Å²) in [4.78, 5) is 15.4. The Bertz CT molecular complexity index is 1020. The predicted octanol–water partition coefficient (Wildman–Crippen LogP) is 4.13. The summed E-state index contributed by atoms with van der Waals surface area (Å²) in [5.41, 5.74) is 1.95. The number of carbonyl (C=O) groups excluding carboxylic acids is 1. The maximum atomic E-state index is 13.1. The minimum Gasteiger partial charge on any atom is -0.495 e. The van der Waals surface area contributed by atoms with Crippen molar-refractivity contribution in [2.24, 2.45) is 0 Å². The van der Waals surface area contributed by atoms with Gasteiger partial charge in [0.2, 0.25) is 15.9 Å². The van der Waals surface area contributed by atoms with E-state index in [1.165, 1.54) is 26.0 Å². The van der Waals surface area contributed by atoms with Crippen molar-refractivity contribution in [1.29, 1.82) is 0 Å². The lowest BCUT2D eigenvalue weighted by atomic mass is 10.1. The van der Waals surface area contributed by atoms with Crippen LogP contribution < -0.4 is 19.3 Å². The van der Waals surface area contributed by atoms with E-state index >= 15 is 0 Å². The first-order chi connectivity index (χ1) is 14.7. The van der Waals surface area contributed by atoms with Crippen LogP contribution in [0.5, 0.6) is 5.75 Å². The van der Waals surface area contributed by atoms with Gasteiger partial charge in [0.25, 0.3) is 0 Å². The number of methoxy groups -OCH3 is 1. The zero-order valence-electron chi connectivity index (χ0n) is 18.0. The molecule has 1 heterocycles. The van der Waals surface area contributed by atoms with Gasteiger partial charge < -0.3 is 15.0 Å². The highest BCUT2D eigenvalue weighted by molar-refractivity contribution is 7.92. The fourth-order valence-electron chi connectivity index (χ4n) is 3.83. The number of anilines is 3. The second-order valence-corrected chi connectivity index (χ2v) is 9.83. The van der Waals surface area contributed by atoms with Crippen LogP contribution in [0.1, 0.15) is 26.2 Å². The van der Waals surface area contributed by atoms with E-state index in [2.05, 4.69) is 10.2 Å². The Balaban J connectivity index is 1.87. The number of nitrogens with one attached hydrogen (secondary N) is 1. The molecule has 1 aliphatic heterocycles. The van der Waals surface area contributed by atoms with E-state index in [1.807, 2.05) is 24.3 Å². The van der Waals surface area contributed by atoms with Crippen molar-refractivity contribution < 1.29 is 17.9 Å². The third-order valence-electron chi connectivity index (χ3n) is 5.31. The SMILES string of the molecule is CCC(C(=O)Nc1ccc(N2CCCC2)cc1)N(c1cc(Cl)ccc1OC)S(C)(=O)=O. The summed E-state index contributed by atoms with van der Waals surface area (Å²) in [6.45, 7) is 3.83. The van der Waals surface area contributed by atoms with Gasteiger partial charge in [-0.05, 0) is 61.7 Å². The van der Waals surface area contributed by atoms with Crippen LogP contribution in [0, 0.1) is 0 Å². The summed E-state index contributed by atoms with van der Waals surface area (Å²) < 4.78 is 31.8. The van der Waals surface area contributed by atoms with Gasteiger partial charge in [0.1, 0.15) is 11.8 Å². The maximum Gasteiger partial charge on any atom is 0.248 e. The van der Waals surface area contributed by atoms with Crippen molar-refractivity contribution in [2.75, 3.05) is 41.0 Å². The van der Waals surface area contributed by atoms with E-state index in [0.717, 1.165) is 29.3 Å². The molecule has 0 aromatic heterocycles. The number of sulfonamides is 1. The minimum absolute atomic E-state index is 0.226. The molecule has 0 saturated carbocycles. The zero-order chi connectivity index (χ0) is 22.6. The van der Waals surface area contributed by atoms with E-state index in [-0.39, 0.29) is 12.1 Å². The van der Waals surface area contributed by atoms with Crippen LogP contribution in [0.25, 0.3) is 0 Å². The number of hydrogen-bond acceptors (Lipinski definition) is 5. The van der Waals surface area contributed by atoms with E-state index < -0.39 is 22.0 Å². The number of nitrogens with zero attached hydrogens (tertiary/aromatic N) is 2. The molecule has 31 heavy (non-hydrogen) atoms. The zero-order valence-corrected chi connectivity index (χ0v) is 19.5. The van der Waals surface area contributed by atoms with Gasteiger partial charge in [-0.1, -0.05) is 18.5 Å². The van der Waals surface area contributed by atoms with Crippen LogP contribution in [0.2, 0.25) is 5.02 Å². The molecule has 1 N–H and O–H groups in total. The van der Waals surface area contributed by atoms with Crippen LogP contribution in [0.4, 0.5) is 17.1 Å². The molecule has 1 aliphatic rings. The van der Waals surface area contributed by atoms with E-state index in [1.54, 1.807) is 19.1 Å². The van der Waals surface area contributed by atoms with Gasteiger partial charge in [0, 0.05) is 29.5 Å². The van der Waals surface area contributed by atoms with Gasteiger partial charge in [-0.15, -0.1) is 0 Å². The predicted molar refractivity (Wildman–Crippen MR) is 126 cm³/mol. The monoisotopic (exact) mass is 465 g/mol. The smallest absolute Gasteiger partial charge is 0.248 e. The Morgan fingerprint density at radius 1 is 1.19 bits per heavy atom. The summed E-state index contributed by atoms with van der Waals surface area (Å²) in [5.74, 6) is -0.111. The number of amides is 1. The third-order valence-corrected chi connectivity index (χ3v) is 6.71. The van der Waals surface area contributed by atoms with E-state index in [4.69, 9.17) is 16.3 Å². The molecule has 1 saturated heterocycles. The molecule has 2 aromatic rings. The summed E-state index contributed by atoms with van der Waals surface area (Å²) in [7, 11) is -2.37. The molecule has 3 rings (SSSR count). The molecule has 1 fully saturated rings.